The predicted molar refractivity (Wildman–Crippen MR) is 112 cm³/mol. The average Bonchev–Trinajstić information content (AvgIpc) is 3.15. The average molecular weight is 415 g/mol. The zero-order valence-corrected chi connectivity index (χ0v) is 16.6. The van der Waals surface area contributed by atoms with Crippen LogP contribution in [0, 0.1) is 5.82 Å². The molecule has 0 fully saturated rings. The van der Waals surface area contributed by atoms with Crippen LogP contribution in [0.1, 0.15) is 23.6 Å². The Bertz CT molecular complexity index is 1020. The van der Waals surface area contributed by atoms with Crippen LogP contribution in [0.2, 0.25) is 10.0 Å². The Morgan fingerprint density at radius 2 is 1.71 bits per heavy atom. The molecule has 0 saturated heterocycles. The Morgan fingerprint density at radius 3 is 2.39 bits per heavy atom. The standard InChI is InChI=1S/C22H17Cl2FN2O/c1-28-18-9-4-15(5-10-18)21-13-20(14-2-7-17(25)8-3-14)26-27(21)22-12-16(23)6-11-19(22)24/h2-12,21H,13H2,1H3/t21-/m1/s1. The third kappa shape index (κ3) is 3.71. The monoisotopic (exact) mass is 414 g/mol. The van der Waals surface area contributed by atoms with Crippen LogP contribution >= 0.6 is 23.2 Å². The topological polar surface area (TPSA) is 24.8 Å². The molecule has 142 valence electrons. The van der Waals surface area contributed by atoms with Crippen LogP contribution < -0.4 is 9.75 Å². The summed E-state index contributed by atoms with van der Waals surface area (Å²) in [5.74, 6) is 0.512. The predicted octanol–water partition coefficient (Wildman–Crippen LogP) is 6.50. The fourth-order valence-electron chi connectivity index (χ4n) is 3.30. The molecule has 1 heterocycles. The zero-order chi connectivity index (χ0) is 19.7. The number of rotatable bonds is 4. The first-order valence-corrected chi connectivity index (χ1v) is 9.52. The van der Waals surface area contributed by atoms with Crippen molar-refractivity contribution in [3.05, 3.63) is 93.7 Å². The smallest absolute Gasteiger partial charge is 0.123 e. The number of hydrazone groups is 1. The van der Waals surface area contributed by atoms with Crippen molar-refractivity contribution in [1.82, 2.24) is 0 Å². The van der Waals surface area contributed by atoms with Crippen molar-refractivity contribution in [3.8, 4) is 5.75 Å². The van der Waals surface area contributed by atoms with Gasteiger partial charge in [-0.2, -0.15) is 5.10 Å². The molecule has 6 heteroatoms. The van der Waals surface area contributed by atoms with Gasteiger partial charge >= 0.3 is 0 Å². The summed E-state index contributed by atoms with van der Waals surface area (Å²) in [7, 11) is 1.64. The molecular weight excluding hydrogens is 398 g/mol. The fourth-order valence-corrected chi connectivity index (χ4v) is 3.67. The second-order valence-electron chi connectivity index (χ2n) is 6.49. The highest BCUT2D eigenvalue weighted by atomic mass is 35.5. The van der Waals surface area contributed by atoms with Crippen LogP contribution in [-0.4, -0.2) is 12.8 Å². The first-order chi connectivity index (χ1) is 13.5. The maximum absolute atomic E-state index is 13.3. The summed E-state index contributed by atoms with van der Waals surface area (Å²) >= 11 is 12.7. The molecule has 4 rings (SSSR count). The van der Waals surface area contributed by atoms with Crippen molar-refractivity contribution in [2.45, 2.75) is 12.5 Å². The summed E-state index contributed by atoms with van der Waals surface area (Å²) in [4.78, 5) is 0. The van der Waals surface area contributed by atoms with E-state index < -0.39 is 0 Å². The van der Waals surface area contributed by atoms with Crippen molar-refractivity contribution in [1.29, 1.82) is 0 Å². The van der Waals surface area contributed by atoms with E-state index in [4.69, 9.17) is 33.0 Å². The number of hydrogen-bond donors (Lipinski definition) is 0. The van der Waals surface area contributed by atoms with Crippen molar-refractivity contribution in [2.24, 2.45) is 5.10 Å². The molecule has 0 radical (unpaired) electrons. The first kappa shape index (κ1) is 18.8. The second-order valence-corrected chi connectivity index (χ2v) is 7.33. The van der Waals surface area contributed by atoms with Gasteiger partial charge in [-0.15, -0.1) is 0 Å². The largest absolute Gasteiger partial charge is 0.497 e. The van der Waals surface area contributed by atoms with Crippen molar-refractivity contribution in [3.63, 3.8) is 0 Å². The molecule has 0 amide bonds. The lowest BCUT2D eigenvalue weighted by Gasteiger charge is -2.25. The minimum absolute atomic E-state index is 0.0677. The number of methoxy groups -OCH3 is 1. The van der Waals surface area contributed by atoms with E-state index in [1.807, 2.05) is 29.3 Å². The van der Waals surface area contributed by atoms with Crippen LogP contribution in [0.3, 0.4) is 0 Å². The summed E-state index contributed by atoms with van der Waals surface area (Å²) < 4.78 is 18.6. The van der Waals surface area contributed by atoms with Crippen LogP contribution in [0.4, 0.5) is 10.1 Å². The molecule has 0 unspecified atom stereocenters. The Hall–Kier alpha value is -2.56. The van der Waals surface area contributed by atoms with E-state index in [1.165, 1.54) is 12.1 Å². The van der Waals surface area contributed by atoms with Gasteiger partial charge in [0.15, 0.2) is 0 Å². The quantitative estimate of drug-likeness (QED) is 0.486. The van der Waals surface area contributed by atoms with Crippen molar-refractivity contribution >= 4 is 34.6 Å². The molecule has 1 atom stereocenters. The second kappa shape index (κ2) is 7.82. The summed E-state index contributed by atoms with van der Waals surface area (Å²) in [5, 5.41) is 7.84. The molecule has 0 N–H and O–H groups in total. The Balaban J connectivity index is 1.77. The fraction of sp³-hybridized carbons (Fsp3) is 0.136. The molecule has 1 aliphatic rings. The number of benzene rings is 3. The van der Waals surface area contributed by atoms with Crippen LogP contribution in [-0.2, 0) is 0 Å². The number of nitrogens with zero attached hydrogens (tertiary/aromatic N) is 2. The van der Waals surface area contributed by atoms with Gasteiger partial charge in [-0.3, -0.25) is 5.01 Å². The SMILES string of the molecule is COc1ccc([C@H]2CC(c3ccc(F)cc3)=NN2c2cc(Cl)ccc2Cl)cc1. The van der Waals surface area contributed by atoms with E-state index in [0.717, 1.165) is 28.3 Å². The number of halogens is 3. The van der Waals surface area contributed by atoms with Gasteiger partial charge in [-0.1, -0.05) is 47.5 Å². The minimum Gasteiger partial charge on any atom is -0.497 e. The molecule has 0 saturated carbocycles. The Morgan fingerprint density at radius 1 is 1.00 bits per heavy atom. The van der Waals surface area contributed by atoms with E-state index in [9.17, 15) is 4.39 Å². The van der Waals surface area contributed by atoms with E-state index in [-0.39, 0.29) is 11.9 Å². The van der Waals surface area contributed by atoms with E-state index >= 15 is 0 Å². The molecule has 1 aliphatic heterocycles. The number of anilines is 1. The van der Waals surface area contributed by atoms with Crippen molar-refractivity contribution < 1.29 is 9.13 Å². The normalized spacial score (nSPS) is 16.2. The number of ether oxygens (including phenoxy) is 1. The summed E-state index contributed by atoms with van der Waals surface area (Å²) in [6.07, 6.45) is 0.654. The van der Waals surface area contributed by atoms with Crippen LogP contribution in [0.5, 0.6) is 5.75 Å². The molecule has 0 aliphatic carbocycles. The van der Waals surface area contributed by atoms with Gasteiger partial charge in [0, 0.05) is 11.4 Å². The van der Waals surface area contributed by atoms with E-state index in [2.05, 4.69) is 0 Å². The first-order valence-electron chi connectivity index (χ1n) is 8.77. The maximum atomic E-state index is 13.3. The highest BCUT2D eigenvalue weighted by Crippen LogP contribution is 2.41. The molecule has 0 bridgehead atoms. The zero-order valence-electron chi connectivity index (χ0n) is 15.1. The third-order valence-electron chi connectivity index (χ3n) is 4.74. The summed E-state index contributed by atoms with van der Waals surface area (Å²) in [6.45, 7) is 0. The lowest BCUT2D eigenvalue weighted by Crippen LogP contribution is -2.18. The molecule has 0 spiro atoms. The van der Waals surface area contributed by atoms with Crippen LogP contribution in [0.25, 0.3) is 0 Å². The molecule has 3 aromatic rings. The van der Waals surface area contributed by atoms with Gasteiger partial charge in [-0.25, -0.2) is 4.39 Å². The third-order valence-corrected chi connectivity index (χ3v) is 5.30. The van der Waals surface area contributed by atoms with E-state index in [0.29, 0.717) is 16.5 Å². The lowest BCUT2D eigenvalue weighted by atomic mass is 9.98. The molecule has 3 aromatic carbocycles. The summed E-state index contributed by atoms with van der Waals surface area (Å²) in [5.41, 5.74) is 3.53. The van der Waals surface area contributed by atoms with Gasteiger partial charge < -0.3 is 4.74 Å². The lowest BCUT2D eigenvalue weighted by molar-refractivity contribution is 0.414. The maximum Gasteiger partial charge on any atom is 0.123 e. The number of hydrogen-bond acceptors (Lipinski definition) is 3. The highest BCUT2D eigenvalue weighted by molar-refractivity contribution is 6.35. The van der Waals surface area contributed by atoms with Gasteiger partial charge in [0.25, 0.3) is 0 Å². The Labute approximate surface area is 173 Å². The molecular formula is C22H17Cl2FN2O. The van der Waals surface area contributed by atoms with Gasteiger partial charge in [-0.05, 0) is 53.6 Å². The molecule has 3 nitrogen and oxygen atoms in total. The van der Waals surface area contributed by atoms with Gasteiger partial charge in [0.05, 0.1) is 29.6 Å². The highest BCUT2D eigenvalue weighted by Gasteiger charge is 2.31. The Kier molecular flexibility index (Phi) is 5.25. The van der Waals surface area contributed by atoms with Gasteiger partial charge in [0.2, 0.25) is 0 Å². The summed E-state index contributed by atoms with van der Waals surface area (Å²) in [6, 6.07) is 19.5. The van der Waals surface area contributed by atoms with E-state index in [1.54, 1.807) is 37.4 Å². The van der Waals surface area contributed by atoms with Crippen LogP contribution in [0.15, 0.2) is 71.8 Å². The minimum atomic E-state index is -0.274. The molecule has 0 aromatic heterocycles. The van der Waals surface area contributed by atoms with Crippen molar-refractivity contribution in [2.75, 3.05) is 12.1 Å². The molecule has 28 heavy (non-hydrogen) atoms. The van der Waals surface area contributed by atoms with Gasteiger partial charge in [0.1, 0.15) is 11.6 Å².